The first-order valence-electron chi connectivity index (χ1n) is 4.49. The zero-order valence-corrected chi connectivity index (χ0v) is 9.77. The lowest BCUT2D eigenvalue weighted by atomic mass is 10.2. The summed E-state index contributed by atoms with van der Waals surface area (Å²) >= 11 is 2.82. The van der Waals surface area contributed by atoms with E-state index in [1.165, 1.54) is 22.7 Å². The highest BCUT2D eigenvalue weighted by Crippen LogP contribution is 2.33. The van der Waals surface area contributed by atoms with E-state index in [2.05, 4.69) is 6.07 Å². The summed E-state index contributed by atoms with van der Waals surface area (Å²) in [4.78, 5) is 13.0. The highest BCUT2D eigenvalue weighted by Gasteiger charge is 2.10. The lowest BCUT2D eigenvalue weighted by Gasteiger charge is -1.92. The van der Waals surface area contributed by atoms with Crippen molar-refractivity contribution in [2.75, 3.05) is 0 Å². The number of hydrogen-bond donors (Lipinski definition) is 1. The van der Waals surface area contributed by atoms with Gasteiger partial charge in [-0.2, -0.15) is 5.26 Å². The molecule has 2 aromatic rings. The van der Waals surface area contributed by atoms with Gasteiger partial charge in [0, 0.05) is 15.3 Å². The number of nitrogens with zero attached hydrogens (tertiary/aromatic N) is 1. The van der Waals surface area contributed by atoms with E-state index in [0.717, 1.165) is 15.3 Å². The summed E-state index contributed by atoms with van der Waals surface area (Å²) < 4.78 is 0. The molecule has 0 aliphatic rings. The molecule has 16 heavy (non-hydrogen) atoms. The van der Waals surface area contributed by atoms with E-state index in [0.29, 0.717) is 4.88 Å². The van der Waals surface area contributed by atoms with Gasteiger partial charge in [-0.15, -0.1) is 22.7 Å². The standard InChI is InChI=1S/C11H7NO2S2/c12-6-10-8(3-4-15-10)9-2-1-7(16-9)5-11(13)14/h1-4H,5H2,(H,13,14). The Hall–Kier alpha value is -1.64. The molecule has 2 heterocycles. The third-order valence-electron chi connectivity index (χ3n) is 2.02. The van der Waals surface area contributed by atoms with E-state index in [1.807, 2.05) is 17.5 Å². The summed E-state index contributed by atoms with van der Waals surface area (Å²) in [7, 11) is 0. The summed E-state index contributed by atoms with van der Waals surface area (Å²) in [6.45, 7) is 0. The summed E-state index contributed by atoms with van der Waals surface area (Å²) in [6, 6.07) is 7.69. The second kappa shape index (κ2) is 4.47. The number of thiophene rings is 2. The van der Waals surface area contributed by atoms with Gasteiger partial charge in [-0.1, -0.05) is 0 Å². The highest BCUT2D eigenvalue weighted by atomic mass is 32.1. The molecule has 0 aromatic carbocycles. The van der Waals surface area contributed by atoms with Gasteiger partial charge in [0.05, 0.1) is 6.42 Å². The average Bonchev–Trinajstić information content (AvgIpc) is 2.83. The quantitative estimate of drug-likeness (QED) is 0.909. The number of aliphatic carboxylic acids is 1. The van der Waals surface area contributed by atoms with E-state index >= 15 is 0 Å². The Labute approximate surface area is 100 Å². The van der Waals surface area contributed by atoms with Crippen molar-refractivity contribution in [2.45, 2.75) is 6.42 Å². The van der Waals surface area contributed by atoms with Crippen LogP contribution in [0.25, 0.3) is 10.4 Å². The molecule has 0 radical (unpaired) electrons. The predicted molar refractivity (Wildman–Crippen MR) is 63.7 cm³/mol. The van der Waals surface area contributed by atoms with Gasteiger partial charge in [0.2, 0.25) is 0 Å². The van der Waals surface area contributed by atoms with Crippen LogP contribution in [0.5, 0.6) is 0 Å². The number of hydrogen-bond acceptors (Lipinski definition) is 4. The van der Waals surface area contributed by atoms with Gasteiger partial charge in [-0.3, -0.25) is 4.79 Å². The highest BCUT2D eigenvalue weighted by molar-refractivity contribution is 7.16. The fraction of sp³-hybridized carbons (Fsp3) is 0.0909. The van der Waals surface area contributed by atoms with Gasteiger partial charge in [0.25, 0.3) is 0 Å². The van der Waals surface area contributed by atoms with Crippen LogP contribution in [-0.4, -0.2) is 11.1 Å². The van der Waals surface area contributed by atoms with Crippen molar-refractivity contribution in [3.63, 3.8) is 0 Å². The van der Waals surface area contributed by atoms with Crippen molar-refractivity contribution in [1.82, 2.24) is 0 Å². The largest absolute Gasteiger partial charge is 0.481 e. The number of carboxylic acids is 1. The van der Waals surface area contributed by atoms with Gasteiger partial charge < -0.3 is 5.11 Å². The maximum absolute atomic E-state index is 10.5. The molecule has 0 amide bonds. The normalized spacial score (nSPS) is 9.94. The summed E-state index contributed by atoms with van der Waals surface area (Å²) in [6.07, 6.45) is 0.0384. The van der Waals surface area contributed by atoms with Gasteiger partial charge in [-0.25, -0.2) is 0 Å². The van der Waals surface area contributed by atoms with Crippen LogP contribution in [0.1, 0.15) is 9.75 Å². The van der Waals surface area contributed by atoms with Crippen LogP contribution >= 0.6 is 22.7 Å². The Kier molecular flexibility index (Phi) is 3.04. The molecule has 0 fully saturated rings. The van der Waals surface area contributed by atoms with Crippen molar-refractivity contribution >= 4 is 28.6 Å². The molecule has 1 N–H and O–H groups in total. The number of nitriles is 1. The number of rotatable bonds is 3. The first-order chi connectivity index (χ1) is 7.70. The number of carbonyl (C=O) groups is 1. The molecular weight excluding hydrogens is 242 g/mol. The molecule has 0 bridgehead atoms. The fourth-order valence-corrected chi connectivity index (χ4v) is 3.15. The topological polar surface area (TPSA) is 61.1 Å². The fourth-order valence-electron chi connectivity index (χ4n) is 1.36. The maximum Gasteiger partial charge on any atom is 0.308 e. The molecule has 0 saturated carbocycles. The van der Waals surface area contributed by atoms with Gasteiger partial charge in [-0.05, 0) is 23.6 Å². The van der Waals surface area contributed by atoms with Gasteiger partial charge in [0.1, 0.15) is 10.9 Å². The summed E-state index contributed by atoms with van der Waals surface area (Å²) in [5.74, 6) is -0.834. The molecule has 0 saturated heterocycles. The lowest BCUT2D eigenvalue weighted by Crippen LogP contribution is -1.96. The second-order valence-corrected chi connectivity index (χ2v) is 5.20. The Balaban J connectivity index is 2.32. The van der Waals surface area contributed by atoms with Crippen LogP contribution in [-0.2, 0) is 11.2 Å². The first-order valence-corrected chi connectivity index (χ1v) is 6.19. The van der Waals surface area contributed by atoms with Gasteiger partial charge >= 0.3 is 5.97 Å². The van der Waals surface area contributed by atoms with E-state index < -0.39 is 5.97 Å². The lowest BCUT2D eigenvalue weighted by molar-refractivity contribution is -0.136. The summed E-state index contributed by atoms with van der Waals surface area (Å²) in [5.41, 5.74) is 0.897. The van der Waals surface area contributed by atoms with E-state index in [9.17, 15) is 4.79 Å². The van der Waals surface area contributed by atoms with Crippen LogP contribution in [0.4, 0.5) is 0 Å². The average molecular weight is 249 g/mol. The molecule has 0 unspecified atom stereocenters. The van der Waals surface area contributed by atoms with Crippen LogP contribution in [0.2, 0.25) is 0 Å². The molecule has 0 aliphatic heterocycles. The van der Waals surface area contributed by atoms with Gasteiger partial charge in [0.15, 0.2) is 0 Å². The number of carboxylic acid groups (broad SMARTS) is 1. The van der Waals surface area contributed by atoms with Crippen LogP contribution in [0, 0.1) is 11.3 Å². The zero-order chi connectivity index (χ0) is 11.5. The minimum absolute atomic E-state index is 0.0384. The molecule has 2 rings (SSSR count). The Morgan fingerprint density at radius 3 is 2.94 bits per heavy atom. The van der Waals surface area contributed by atoms with Crippen molar-refractivity contribution in [3.05, 3.63) is 33.3 Å². The predicted octanol–water partition coefficient (Wildman–Crippen LogP) is 2.98. The maximum atomic E-state index is 10.5. The van der Waals surface area contributed by atoms with Crippen LogP contribution in [0.3, 0.4) is 0 Å². The molecule has 0 atom stereocenters. The van der Waals surface area contributed by atoms with Crippen molar-refractivity contribution < 1.29 is 9.90 Å². The molecule has 0 spiro atoms. The van der Waals surface area contributed by atoms with Crippen LogP contribution in [0.15, 0.2) is 23.6 Å². The smallest absolute Gasteiger partial charge is 0.308 e. The Morgan fingerprint density at radius 2 is 2.25 bits per heavy atom. The first kappa shape index (κ1) is 10.9. The minimum atomic E-state index is -0.834. The third kappa shape index (κ3) is 2.13. The van der Waals surface area contributed by atoms with Crippen LogP contribution < -0.4 is 0 Å². The molecule has 0 aliphatic carbocycles. The third-order valence-corrected chi connectivity index (χ3v) is 3.96. The SMILES string of the molecule is N#Cc1sccc1-c1ccc(CC(=O)O)s1. The Bertz CT molecular complexity index is 563. The molecule has 5 heteroatoms. The molecule has 2 aromatic heterocycles. The van der Waals surface area contributed by atoms with E-state index in [4.69, 9.17) is 10.4 Å². The minimum Gasteiger partial charge on any atom is -0.481 e. The molecular formula is C11H7NO2S2. The van der Waals surface area contributed by atoms with E-state index in [-0.39, 0.29) is 6.42 Å². The van der Waals surface area contributed by atoms with Crippen molar-refractivity contribution in [1.29, 1.82) is 5.26 Å². The molecule has 3 nitrogen and oxygen atoms in total. The summed E-state index contributed by atoms with van der Waals surface area (Å²) in [5, 5.41) is 19.4. The Morgan fingerprint density at radius 1 is 1.44 bits per heavy atom. The zero-order valence-electron chi connectivity index (χ0n) is 8.14. The monoisotopic (exact) mass is 249 g/mol. The second-order valence-electron chi connectivity index (χ2n) is 3.11. The van der Waals surface area contributed by atoms with Crippen molar-refractivity contribution in [3.8, 4) is 16.5 Å². The van der Waals surface area contributed by atoms with E-state index in [1.54, 1.807) is 6.07 Å². The van der Waals surface area contributed by atoms with Crippen molar-refractivity contribution in [2.24, 2.45) is 0 Å². The molecule has 80 valence electrons.